The maximum Gasteiger partial charge on any atom is 0.306 e. The molecule has 1 aromatic rings. The van der Waals surface area contributed by atoms with Gasteiger partial charge in [0.2, 0.25) is 0 Å². The highest BCUT2D eigenvalue weighted by atomic mass is 79.9. The summed E-state index contributed by atoms with van der Waals surface area (Å²) < 4.78 is 1.19. The lowest BCUT2D eigenvalue weighted by atomic mass is 10.2. The molecule has 1 rings (SSSR count). The number of halogens is 2. The second-order valence-electron chi connectivity index (χ2n) is 2.38. The Kier molecular flexibility index (Phi) is 3.73. The van der Waals surface area contributed by atoms with Crippen LogP contribution in [0.15, 0.2) is 10.5 Å². The molecular formula is C7H6BrClO3S. The number of hydrogen-bond donors (Lipinski definition) is 2. The maximum atomic E-state index is 10.3. The van der Waals surface area contributed by atoms with Gasteiger partial charge in [0.1, 0.15) is 4.34 Å². The van der Waals surface area contributed by atoms with E-state index in [9.17, 15) is 9.90 Å². The molecule has 0 aliphatic carbocycles. The molecule has 0 bridgehead atoms. The quantitative estimate of drug-likeness (QED) is 0.897. The van der Waals surface area contributed by atoms with E-state index in [2.05, 4.69) is 15.9 Å². The standard InChI is InChI=1S/C7H6BrClO3S/c8-3-1-5(13-7(3)9)4(10)2-6(11)12/h1,4,10H,2H2,(H,11,12)/t4-/m1/s1. The fraction of sp³-hybridized carbons (Fsp3) is 0.286. The largest absolute Gasteiger partial charge is 0.481 e. The smallest absolute Gasteiger partial charge is 0.306 e. The van der Waals surface area contributed by atoms with Gasteiger partial charge in [0.25, 0.3) is 0 Å². The van der Waals surface area contributed by atoms with Crippen molar-refractivity contribution in [1.82, 2.24) is 0 Å². The number of rotatable bonds is 3. The number of thiophene rings is 1. The third kappa shape index (κ3) is 2.95. The first-order chi connectivity index (χ1) is 6.00. The highest BCUT2D eigenvalue weighted by Crippen LogP contribution is 2.35. The lowest BCUT2D eigenvalue weighted by Crippen LogP contribution is -2.03. The van der Waals surface area contributed by atoms with Gasteiger partial charge in [-0.2, -0.15) is 0 Å². The Balaban J connectivity index is 2.77. The number of aliphatic hydroxyl groups is 1. The molecule has 1 aromatic heterocycles. The fourth-order valence-corrected chi connectivity index (χ4v) is 2.52. The average Bonchev–Trinajstić information content (AvgIpc) is 2.31. The number of hydrogen-bond acceptors (Lipinski definition) is 3. The molecule has 0 saturated carbocycles. The van der Waals surface area contributed by atoms with E-state index in [1.165, 1.54) is 11.3 Å². The zero-order valence-corrected chi connectivity index (χ0v) is 9.49. The summed E-state index contributed by atoms with van der Waals surface area (Å²) in [5.41, 5.74) is 0. The van der Waals surface area contributed by atoms with Gasteiger partial charge in [0.05, 0.1) is 12.5 Å². The molecule has 3 nitrogen and oxygen atoms in total. The Labute approximate surface area is 92.1 Å². The first-order valence-corrected chi connectivity index (χ1v) is 5.34. The Morgan fingerprint density at radius 3 is 2.77 bits per heavy atom. The number of carbonyl (C=O) groups is 1. The molecule has 1 atom stereocenters. The first-order valence-electron chi connectivity index (χ1n) is 3.35. The zero-order chi connectivity index (χ0) is 10.0. The van der Waals surface area contributed by atoms with E-state index in [0.717, 1.165) is 0 Å². The van der Waals surface area contributed by atoms with Crippen LogP contribution in [-0.2, 0) is 4.79 Å². The summed E-state index contributed by atoms with van der Waals surface area (Å²) >= 11 is 10.1. The molecule has 0 aliphatic rings. The van der Waals surface area contributed by atoms with Crippen molar-refractivity contribution in [2.24, 2.45) is 0 Å². The summed E-state index contributed by atoms with van der Waals surface area (Å²) in [6.45, 7) is 0. The van der Waals surface area contributed by atoms with E-state index in [1.54, 1.807) is 6.07 Å². The summed E-state index contributed by atoms with van der Waals surface area (Å²) in [6.07, 6.45) is -1.28. The Bertz CT molecular complexity index is 306. The lowest BCUT2D eigenvalue weighted by molar-refractivity contribution is -0.139. The van der Waals surface area contributed by atoms with Crippen molar-refractivity contribution < 1.29 is 15.0 Å². The van der Waals surface area contributed by atoms with Gasteiger partial charge in [-0.15, -0.1) is 11.3 Å². The first kappa shape index (κ1) is 11.0. The Hall–Kier alpha value is -0.100. The van der Waals surface area contributed by atoms with Gasteiger partial charge in [-0.1, -0.05) is 11.6 Å². The van der Waals surface area contributed by atoms with Crippen molar-refractivity contribution in [3.63, 3.8) is 0 Å². The van der Waals surface area contributed by atoms with Gasteiger partial charge >= 0.3 is 5.97 Å². The van der Waals surface area contributed by atoms with Crippen LogP contribution in [0.25, 0.3) is 0 Å². The molecule has 6 heteroatoms. The predicted octanol–water partition coefficient (Wildman–Crippen LogP) is 2.67. The van der Waals surface area contributed by atoms with Gasteiger partial charge in [0.15, 0.2) is 0 Å². The molecule has 0 radical (unpaired) electrons. The van der Waals surface area contributed by atoms with Gasteiger partial charge in [-0.05, 0) is 22.0 Å². The van der Waals surface area contributed by atoms with E-state index < -0.39 is 12.1 Å². The molecule has 0 spiro atoms. The van der Waals surface area contributed by atoms with E-state index in [1.807, 2.05) is 0 Å². The molecular weight excluding hydrogens is 279 g/mol. The van der Waals surface area contributed by atoms with Crippen molar-refractivity contribution in [3.8, 4) is 0 Å². The minimum Gasteiger partial charge on any atom is -0.481 e. The van der Waals surface area contributed by atoms with Crippen molar-refractivity contribution in [2.45, 2.75) is 12.5 Å². The molecule has 13 heavy (non-hydrogen) atoms. The second-order valence-corrected chi connectivity index (χ2v) is 4.92. The molecule has 0 aromatic carbocycles. The highest BCUT2D eigenvalue weighted by molar-refractivity contribution is 9.10. The van der Waals surface area contributed by atoms with Gasteiger partial charge in [-0.25, -0.2) is 0 Å². The van der Waals surface area contributed by atoms with Crippen LogP contribution in [0.2, 0.25) is 4.34 Å². The fourth-order valence-electron chi connectivity index (χ4n) is 0.794. The maximum absolute atomic E-state index is 10.3. The van der Waals surface area contributed by atoms with Crippen LogP contribution in [0.4, 0.5) is 0 Å². The predicted molar refractivity (Wildman–Crippen MR) is 54.2 cm³/mol. The van der Waals surface area contributed by atoms with Crippen LogP contribution in [0, 0.1) is 0 Å². The minimum atomic E-state index is -1.03. The Morgan fingerprint density at radius 1 is 1.77 bits per heavy atom. The summed E-state index contributed by atoms with van der Waals surface area (Å²) in [7, 11) is 0. The molecule has 0 unspecified atom stereocenters. The van der Waals surface area contributed by atoms with Crippen LogP contribution in [0.3, 0.4) is 0 Å². The minimum absolute atomic E-state index is 0.302. The number of carboxylic acid groups (broad SMARTS) is 1. The summed E-state index contributed by atoms with van der Waals surface area (Å²) in [4.78, 5) is 10.8. The highest BCUT2D eigenvalue weighted by Gasteiger charge is 2.15. The third-order valence-electron chi connectivity index (χ3n) is 1.36. The van der Waals surface area contributed by atoms with E-state index in [-0.39, 0.29) is 6.42 Å². The van der Waals surface area contributed by atoms with Crippen LogP contribution < -0.4 is 0 Å². The van der Waals surface area contributed by atoms with E-state index in [4.69, 9.17) is 16.7 Å². The van der Waals surface area contributed by atoms with Gasteiger partial charge < -0.3 is 10.2 Å². The molecule has 1 heterocycles. The molecule has 2 N–H and O–H groups in total. The lowest BCUT2D eigenvalue weighted by Gasteiger charge is -2.02. The van der Waals surface area contributed by atoms with Gasteiger partial charge in [0, 0.05) is 9.35 Å². The number of aliphatic hydroxyl groups excluding tert-OH is 1. The molecule has 0 amide bonds. The molecule has 0 saturated heterocycles. The van der Waals surface area contributed by atoms with E-state index >= 15 is 0 Å². The SMILES string of the molecule is O=C(O)C[C@@H](O)c1cc(Br)c(Cl)s1. The van der Waals surface area contributed by atoms with Crippen molar-refractivity contribution in [3.05, 3.63) is 19.8 Å². The van der Waals surface area contributed by atoms with Crippen molar-refractivity contribution in [1.29, 1.82) is 0 Å². The van der Waals surface area contributed by atoms with Crippen LogP contribution >= 0.6 is 38.9 Å². The summed E-state index contributed by atoms with van der Waals surface area (Å²) in [5.74, 6) is -1.03. The second kappa shape index (κ2) is 4.41. The Morgan fingerprint density at radius 2 is 2.38 bits per heavy atom. The van der Waals surface area contributed by atoms with Crippen molar-refractivity contribution in [2.75, 3.05) is 0 Å². The monoisotopic (exact) mass is 284 g/mol. The summed E-state index contributed by atoms with van der Waals surface area (Å²) in [6, 6.07) is 1.63. The third-order valence-corrected chi connectivity index (χ3v) is 3.94. The van der Waals surface area contributed by atoms with Crippen LogP contribution in [0.5, 0.6) is 0 Å². The topological polar surface area (TPSA) is 57.5 Å². The molecule has 72 valence electrons. The van der Waals surface area contributed by atoms with E-state index in [0.29, 0.717) is 13.7 Å². The van der Waals surface area contributed by atoms with Crippen molar-refractivity contribution >= 4 is 44.8 Å². The van der Waals surface area contributed by atoms with Crippen LogP contribution in [-0.4, -0.2) is 16.2 Å². The number of aliphatic carboxylic acids is 1. The average molecular weight is 286 g/mol. The normalized spacial score (nSPS) is 12.8. The summed E-state index contributed by atoms with van der Waals surface area (Å²) in [5, 5.41) is 17.8. The van der Waals surface area contributed by atoms with Gasteiger partial charge in [-0.3, -0.25) is 4.79 Å². The zero-order valence-electron chi connectivity index (χ0n) is 6.33. The molecule has 0 aliphatic heterocycles. The van der Waals surface area contributed by atoms with Crippen LogP contribution in [0.1, 0.15) is 17.4 Å². The molecule has 0 fully saturated rings. The number of carboxylic acids is 1.